The zero-order valence-corrected chi connectivity index (χ0v) is 20.1. The first-order valence-corrected chi connectivity index (χ1v) is 13.4. The first-order valence-electron chi connectivity index (χ1n) is 11.1. The van der Waals surface area contributed by atoms with Gasteiger partial charge in [0.05, 0.1) is 0 Å². The topological polar surface area (TPSA) is 78.8 Å². The Morgan fingerprint density at radius 1 is 1.19 bits per heavy atom. The zero-order valence-electron chi connectivity index (χ0n) is 18.5. The van der Waals surface area contributed by atoms with Gasteiger partial charge in [-0.3, -0.25) is 4.79 Å². The molecule has 0 aliphatic carbocycles. The molecule has 170 valence electrons. The number of amidine groups is 1. The van der Waals surface area contributed by atoms with Crippen molar-refractivity contribution in [2.75, 3.05) is 19.6 Å². The third-order valence-corrected chi connectivity index (χ3v) is 8.59. The van der Waals surface area contributed by atoms with Gasteiger partial charge in [-0.2, -0.15) is 8.42 Å². The fourth-order valence-electron chi connectivity index (χ4n) is 4.34. The highest BCUT2D eigenvalue weighted by atomic mass is 32.2. The van der Waals surface area contributed by atoms with Gasteiger partial charge in [0.2, 0.25) is 5.91 Å². The molecule has 2 aliphatic heterocycles. The average molecular weight is 472 g/mol. The van der Waals surface area contributed by atoms with Crippen molar-refractivity contribution in [2.45, 2.75) is 39.5 Å². The number of carbonyl (C=O) groups excluding carboxylic acids is 1. The van der Waals surface area contributed by atoms with Gasteiger partial charge in [0, 0.05) is 36.0 Å². The number of amides is 1. The molecule has 8 heteroatoms. The number of nitrogens with zero attached hydrogens (tertiary/aromatic N) is 2. The van der Waals surface area contributed by atoms with Gasteiger partial charge in [-0.25, -0.2) is 0 Å². The third-order valence-electron chi connectivity index (χ3n) is 6.18. The van der Waals surface area contributed by atoms with Gasteiger partial charge >= 0.3 is 0 Å². The number of aryl methyl sites for hydroxylation is 1. The second-order valence-corrected chi connectivity index (χ2v) is 10.8. The number of thiophene rings is 1. The van der Waals surface area contributed by atoms with E-state index in [2.05, 4.69) is 22.7 Å². The van der Waals surface area contributed by atoms with E-state index in [0.29, 0.717) is 54.4 Å². The Balaban J connectivity index is 1.38. The summed E-state index contributed by atoms with van der Waals surface area (Å²) in [4.78, 5) is 16.1. The number of sulfonamides is 1. The Hall–Kier alpha value is -2.45. The molecule has 0 unspecified atom stereocenters. The van der Waals surface area contributed by atoms with Crippen molar-refractivity contribution in [1.29, 1.82) is 0 Å². The summed E-state index contributed by atoms with van der Waals surface area (Å²) in [5.74, 6) is 0.570. The monoisotopic (exact) mass is 471 g/mol. The van der Waals surface area contributed by atoms with E-state index >= 15 is 0 Å². The first-order chi connectivity index (χ1) is 15.4. The van der Waals surface area contributed by atoms with Crippen molar-refractivity contribution < 1.29 is 13.2 Å². The number of piperidine rings is 1. The number of likely N-dealkylation sites (tertiary alicyclic amines) is 1. The average Bonchev–Trinajstić information content (AvgIpc) is 3.39. The smallest absolute Gasteiger partial charge is 0.285 e. The van der Waals surface area contributed by atoms with E-state index in [1.165, 1.54) is 10.4 Å². The van der Waals surface area contributed by atoms with Crippen LogP contribution in [0.1, 0.15) is 42.7 Å². The molecule has 1 fully saturated rings. The van der Waals surface area contributed by atoms with Gasteiger partial charge < -0.3 is 10.2 Å². The van der Waals surface area contributed by atoms with Gasteiger partial charge in [-0.1, -0.05) is 37.3 Å². The molecule has 6 nitrogen and oxygen atoms in total. The Kier molecular flexibility index (Phi) is 6.81. The molecule has 1 N–H and O–H groups in total. The number of hydrogen-bond donors (Lipinski definition) is 1. The Bertz CT molecular complexity index is 1130. The van der Waals surface area contributed by atoms with Gasteiger partial charge in [-0.05, 0) is 55.2 Å². The number of hydrogen-bond acceptors (Lipinski definition) is 5. The molecule has 0 saturated carbocycles. The minimum absolute atomic E-state index is 0.0430. The van der Waals surface area contributed by atoms with E-state index < -0.39 is 10.0 Å². The maximum absolute atomic E-state index is 12.8. The number of benzene rings is 1. The lowest BCUT2D eigenvalue weighted by Crippen LogP contribution is -2.43. The zero-order chi connectivity index (χ0) is 22.7. The van der Waals surface area contributed by atoms with E-state index in [1.807, 2.05) is 47.5 Å². The fraction of sp³-hybridized carbons (Fsp3) is 0.417. The highest BCUT2D eigenvalue weighted by Crippen LogP contribution is 2.34. The predicted octanol–water partition coefficient (Wildman–Crippen LogP) is 3.85. The first kappa shape index (κ1) is 22.7. The molecule has 0 spiro atoms. The maximum Gasteiger partial charge on any atom is 0.285 e. The van der Waals surface area contributed by atoms with E-state index in [9.17, 15) is 13.2 Å². The van der Waals surface area contributed by atoms with E-state index in [1.54, 1.807) is 11.3 Å². The minimum atomic E-state index is -3.72. The summed E-state index contributed by atoms with van der Waals surface area (Å²) in [7, 11) is -3.72. The Morgan fingerprint density at radius 2 is 1.91 bits per heavy atom. The summed E-state index contributed by atoms with van der Waals surface area (Å²) in [5, 5.41) is 5.09. The summed E-state index contributed by atoms with van der Waals surface area (Å²) in [6, 6.07) is 11.7. The molecule has 32 heavy (non-hydrogen) atoms. The number of nitrogens with one attached hydrogen (secondary N) is 1. The van der Waals surface area contributed by atoms with E-state index in [-0.39, 0.29) is 11.8 Å². The summed E-state index contributed by atoms with van der Waals surface area (Å²) < 4.78 is 29.8. The second-order valence-electron chi connectivity index (χ2n) is 8.28. The van der Waals surface area contributed by atoms with Crippen LogP contribution in [0.4, 0.5) is 0 Å². The van der Waals surface area contributed by atoms with Crippen molar-refractivity contribution in [3.05, 3.63) is 63.4 Å². The van der Waals surface area contributed by atoms with Gasteiger partial charge in [0.15, 0.2) is 0 Å². The summed E-state index contributed by atoms with van der Waals surface area (Å²) in [6.45, 7) is 5.79. The van der Waals surface area contributed by atoms with Crippen LogP contribution in [0.2, 0.25) is 0 Å². The lowest BCUT2D eigenvalue weighted by molar-refractivity contribution is -0.126. The molecule has 1 saturated heterocycles. The van der Waals surface area contributed by atoms with Crippen LogP contribution >= 0.6 is 11.3 Å². The molecular weight excluding hydrogens is 442 g/mol. The highest BCUT2D eigenvalue weighted by molar-refractivity contribution is 8.00. The molecule has 4 rings (SSSR count). The standard InChI is InChI=1S/C24H29N3O3S2/c1-3-18-6-8-19(9-7-18)22-17(2)23(26-32(22,29)30)27-14-11-20(12-15-27)24(28)25-13-10-21-5-4-16-31-21/h4-9,16,20H,3,10-15H2,1-2H3,(H,25,28). The minimum Gasteiger partial charge on any atom is -0.356 e. The van der Waals surface area contributed by atoms with Crippen LogP contribution in [0.15, 0.2) is 51.7 Å². The predicted molar refractivity (Wildman–Crippen MR) is 130 cm³/mol. The van der Waals surface area contributed by atoms with Crippen LogP contribution in [0.5, 0.6) is 0 Å². The lowest BCUT2D eigenvalue weighted by atomic mass is 9.95. The molecule has 2 aromatic rings. The van der Waals surface area contributed by atoms with E-state index in [0.717, 1.165) is 12.8 Å². The van der Waals surface area contributed by atoms with Gasteiger partial charge in [0.1, 0.15) is 10.7 Å². The van der Waals surface area contributed by atoms with Crippen LogP contribution in [-0.2, 0) is 27.7 Å². The van der Waals surface area contributed by atoms with Crippen molar-refractivity contribution in [3.63, 3.8) is 0 Å². The van der Waals surface area contributed by atoms with Crippen LogP contribution < -0.4 is 5.32 Å². The summed E-state index contributed by atoms with van der Waals surface area (Å²) >= 11 is 1.70. The van der Waals surface area contributed by atoms with Crippen LogP contribution in [0, 0.1) is 5.92 Å². The number of rotatable bonds is 6. The lowest BCUT2D eigenvalue weighted by Gasteiger charge is -2.32. The maximum atomic E-state index is 12.8. The Labute approximate surface area is 194 Å². The fourth-order valence-corrected chi connectivity index (χ4v) is 6.53. The molecule has 0 bridgehead atoms. The van der Waals surface area contributed by atoms with Crippen LogP contribution in [0.3, 0.4) is 0 Å². The highest BCUT2D eigenvalue weighted by Gasteiger charge is 2.35. The number of carbonyl (C=O) groups is 1. The molecule has 0 radical (unpaired) electrons. The second kappa shape index (κ2) is 9.58. The van der Waals surface area contributed by atoms with Gasteiger partial charge in [0.25, 0.3) is 10.0 Å². The van der Waals surface area contributed by atoms with Crippen molar-refractivity contribution in [2.24, 2.45) is 10.3 Å². The Morgan fingerprint density at radius 3 is 2.53 bits per heavy atom. The van der Waals surface area contributed by atoms with Gasteiger partial charge in [-0.15, -0.1) is 15.7 Å². The van der Waals surface area contributed by atoms with Crippen molar-refractivity contribution >= 4 is 38.0 Å². The SMILES string of the molecule is CCc1ccc(C2=C(C)C(N3CCC(C(=O)NCCc4cccs4)CC3)=NS2(=O)=O)cc1. The summed E-state index contributed by atoms with van der Waals surface area (Å²) in [6.07, 6.45) is 3.14. The molecule has 3 heterocycles. The van der Waals surface area contributed by atoms with Crippen molar-refractivity contribution in [1.82, 2.24) is 10.2 Å². The van der Waals surface area contributed by atoms with E-state index in [4.69, 9.17) is 0 Å². The molecule has 0 atom stereocenters. The molecule has 1 amide bonds. The summed E-state index contributed by atoms with van der Waals surface area (Å²) in [5.41, 5.74) is 2.53. The molecule has 1 aromatic heterocycles. The molecule has 1 aromatic carbocycles. The normalized spacial score (nSPS) is 18.7. The third kappa shape index (κ3) is 4.81. The largest absolute Gasteiger partial charge is 0.356 e. The molecular formula is C24H29N3O3S2. The molecule has 2 aliphatic rings. The van der Waals surface area contributed by atoms with Crippen LogP contribution in [-0.4, -0.2) is 44.7 Å². The van der Waals surface area contributed by atoms with Crippen molar-refractivity contribution in [3.8, 4) is 0 Å². The quantitative estimate of drug-likeness (QED) is 0.694. The van der Waals surface area contributed by atoms with Crippen LogP contribution in [0.25, 0.3) is 4.91 Å².